The quantitative estimate of drug-likeness (QED) is 0.772. The maximum Gasteiger partial charge on any atom is 0.269 e. The molecule has 0 saturated heterocycles. The summed E-state index contributed by atoms with van der Waals surface area (Å²) in [6.07, 6.45) is -1.60. The van der Waals surface area contributed by atoms with E-state index < -0.39 is 18.5 Å². The topological polar surface area (TPSA) is 34.9 Å². The number of alkyl halides is 2. The van der Waals surface area contributed by atoms with Crippen molar-refractivity contribution >= 4 is 27.5 Å². The van der Waals surface area contributed by atoms with E-state index in [0.29, 0.717) is 0 Å². The Kier molecular flexibility index (Phi) is 3.38. The van der Waals surface area contributed by atoms with Crippen LogP contribution in [0.2, 0.25) is 5.15 Å². The molecule has 0 atom stereocenters. The van der Waals surface area contributed by atoms with Crippen molar-refractivity contribution in [3.8, 4) is 0 Å². The number of rotatable bonds is 2. The third-order valence-corrected chi connectivity index (χ3v) is 2.50. The molecule has 0 saturated carbocycles. The van der Waals surface area contributed by atoms with Gasteiger partial charge in [-0.2, -0.15) is 0 Å². The smallest absolute Gasteiger partial charge is 0.269 e. The van der Waals surface area contributed by atoms with Crippen LogP contribution in [0.4, 0.5) is 8.78 Å². The molecule has 0 spiro atoms. The normalized spacial score (nSPS) is 10.8. The van der Waals surface area contributed by atoms with Gasteiger partial charge in [-0.25, -0.2) is 13.8 Å². The third-order valence-electron chi connectivity index (χ3n) is 1.27. The van der Waals surface area contributed by atoms with Crippen molar-refractivity contribution in [3.63, 3.8) is 0 Å². The monoisotopic (exact) mass is 272 g/mol. The summed E-state index contributed by atoms with van der Waals surface area (Å²) in [6, 6.07) is 0. The average molecular weight is 273 g/mol. The largest absolute Gasteiger partial charge is 0.292 e. The molecule has 0 radical (unpaired) electrons. The predicted octanol–water partition coefficient (Wildman–Crippen LogP) is 1.92. The summed E-state index contributed by atoms with van der Waals surface area (Å²) in [7, 11) is 0. The summed E-state index contributed by atoms with van der Waals surface area (Å²) < 4.78 is 24.6. The fourth-order valence-corrected chi connectivity index (χ4v) is 1.18. The lowest BCUT2D eigenvalue weighted by atomic mass is 10.6. The minimum absolute atomic E-state index is 0.00248. The van der Waals surface area contributed by atoms with Crippen molar-refractivity contribution in [1.29, 1.82) is 0 Å². The van der Waals surface area contributed by atoms with E-state index in [1.807, 2.05) is 0 Å². The standard InChI is InChI=1S/C6H4BrClF2N2O/c7-4-5(8)11-2-12(6(4)13)1-3(9)10/h2-3H,1H2. The van der Waals surface area contributed by atoms with Crippen LogP contribution in [-0.4, -0.2) is 16.0 Å². The molecule has 7 heteroatoms. The molecule has 72 valence electrons. The molecular weight excluding hydrogens is 269 g/mol. The molecule has 0 aliphatic carbocycles. The molecule has 1 rings (SSSR count). The fourth-order valence-electron chi connectivity index (χ4n) is 0.723. The van der Waals surface area contributed by atoms with E-state index in [0.717, 1.165) is 10.9 Å². The van der Waals surface area contributed by atoms with Crippen molar-refractivity contribution in [1.82, 2.24) is 9.55 Å². The summed E-state index contributed by atoms with van der Waals surface area (Å²) in [6.45, 7) is -0.679. The van der Waals surface area contributed by atoms with Gasteiger partial charge in [0.05, 0.1) is 12.9 Å². The second-order valence-electron chi connectivity index (χ2n) is 2.20. The van der Waals surface area contributed by atoms with Crippen LogP contribution >= 0.6 is 27.5 Å². The predicted molar refractivity (Wildman–Crippen MR) is 47.2 cm³/mol. The van der Waals surface area contributed by atoms with Gasteiger partial charge in [0, 0.05) is 0 Å². The van der Waals surface area contributed by atoms with Crippen LogP contribution in [0, 0.1) is 0 Å². The van der Waals surface area contributed by atoms with Crippen LogP contribution < -0.4 is 5.56 Å². The summed E-state index contributed by atoms with van der Waals surface area (Å²) in [5.41, 5.74) is -0.611. The lowest BCUT2D eigenvalue weighted by Gasteiger charge is -2.04. The summed E-state index contributed by atoms with van der Waals surface area (Å²) in [4.78, 5) is 14.7. The van der Waals surface area contributed by atoms with Crippen LogP contribution in [0.1, 0.15) is 0 Å². The minimum Gasteiger partial charge on any atom is -0.292 e. The van der Waals surface area contributed by atoms with Crippen molar-refractivity contribution in [2.75, 3.05) is 0 Å². The first-order valence-electron chi connectivity index (χ1n) is 3.21. The van der Waals surface area contributed by atoms with Gasteiger partial charge in [0.2, 0.25) is 0 Å². The van der Waals surface area contributed by atoms with Crippen LogP contribution in [0.3, 0.4) is 0 Å². The van der Waals surface area contributed by atoms with Gasteiger partial charge in [0.15, 0.2) is 5.15 Å². The molecule has 0 aliphatic rings. The number of halogens is 4. The number of hydrogen-bond acceptors (Lipinski definition) is 2. The van der Waals surface area contributed by atoms with Crippen LogP contribution in [0.25, 0.3) is 0 Å². The molecule has 0 aliphatic heterocycles. The molecule has 1 heterocycles. The first kappa shape index (κ1) is 10.6. The molecule has 1 aromatic heterocycles. The van der Waals surface area contributed by atoms with E-state index >= 15 is 0 Å². The highest BCUT2D eigenvalue weighted by Crippen LogP contribution is 2.13. The third kappa shape index (κ3) is 2.47. The minimum atomic E-state index is -2.59. The maximum absolute atomic E-state index is 11.9. The molecular formula is C6H4BrClF2N2O. The van der Waals surface area contributed by atoms with Gasteiger partial charge < -0.3 is 0 Å². The second kappa shape index (κ2) is 4.15. The molecule has 0 unspecified atom stereocenters. The van der Waals surface area contributed by atoms with E-state index in [2.05, 4.69) is 20.9 Å². The number of aromatic nitrogens is 2. The Hall–Kier alpha value is -0.490. The Morgan fingerprint density at radius 3 is 2.85 bits per heavy atom. The van der Waals surface area contributed by atoms with Gasteiger partial charge in [-0.15, -0.1) is 0 Å². The number of nitrogens with zero attached hydrogens (tertiary/aromatic N) is 2. The molecule has 13 heavy (non-hydrogen) atoms. The van der Waals surface area contributed by atoms with Gasteiger partial charge in [-0.3, -0.25) is 9.36 Å². The van der Waals surface area contributed by atoms with Crippen LogP contribution in [0.5, 0.6) is 0 Å². The lowest BCUT2D eigenvalue weighted by Crippen LogP contribution is -2.24. The van der Waals surface area contributed by atoms with E-state index in [4.69, 9.17) is 11.6 Å². The van der Waals surface area contributed by atoms with Gasteiger partial charge in [-0.1, -0.05) is 11.6 Å². The second-order valence-corrected chi connectivity index (χ2v) is 3.35. The maximum atomic E-state index is 11.9. The molecule has 0 bridgehead atoms. The number of hydrogen-bond donors (Lipinski definition) is 0. The SMILES string of the molecule is O=c1c(Br)c(Cl)ncn1CC(F)F. The molecule has 0 N–H and O–H groups in total. The lowest BCUT2D eigenvalue weighted by molar-refractivity contribution is 0.124. The van der Waals surface area contributed by atoms with Crippen molar-refractivity contribution in [2.24, 2.45) is 0 Å². The zero-order chi connectivity index (χ0) is 10.0. The van der Waals surface area contributed by atoms with Gasteiger partial charge in [0.25, 0.3) is 12.0 Å². The van der Waals surface area contributed by atoms with Gasteiger partial charge >= 0.3 is 0 Å². The van der Waals surface area contributed by atoms with E-state index in [-0.39, 0.29) is 9.63 Å². The summed E-state index contributed by atoms with van der Waals surface area (Å²) in [5.74, 6) is 0. The summed E-state index contributed by atoms with van der Waals surface area (Å²) >= 11 is 8.31. The first-order chi connectivity index (χ1) is 6.02. The van der Waals surface area contributed by atoms with Crippen molar-refractivity contribution in [2.45, 2.75) is 13.0 Å². The van der Waals surface area contributed by atoms with Crippen molar-refractivity contribution < 1.29 is 8.78 Å². The van der Waals surface area contributed by atoms with E-state index in [1.165, 1.54) is 0 Å². The highest BCUT2D eigenvalue weighted by Gasteiger charge is 2.10. The molecule has 0 aromatic carbocycles. The van der Waals surface area contributed by atoms with E-state index in [9.17, 15) is 13.6 Å². The van der Waals surface area contributed by atoms with Gasteiger partial charge in [0.1, 0.15) is 4.47 Å². The average Bonchev–Trinajstić information content (AvgIpc) is 2.06. The van der Waals surface area contributed by atoms with Crippen LogP contribution in [0.15, 0.2) is 15.6 Å². The Morgan fingerprint density at radius 1 is 1.69 bits per heavy atom. The zero-order valence-corrected chi connectivity index (χ0v) is 8.52. The fraction of sp³-hybridized carbons (Fsp3) is 0.333. The first-order valence-corrected chi connectivity index (χ1v) is 4.38. The highest BCUT2D eigenvalue weighted by molar-refractivity contribution is 9.10. The zero-order valence-electron chi connectivity index (χ0n) is 6.18. The Bertz CT molecular complexity index is 368. The molecule has 0 fully saturated rings. The van der Waals surface area contributed by atoms with Crippen molar-refractivity contribution in [3.05, 3.63) is 26.3 Å². The summed E-state index contributed by atoms with van der Waals surface area (Å²) in [5, 5.41) is -0.0319. The van der Waals surface area contributed by atoms with Gasteiger partial charge in [-0.05, 0) is 15.9 Å². The molecule has 0 amide bonds. The highest BCUT2D eigenvalue weighted by atomic mass is 79.9. The van der Waals surface area contributed by atoms with E-state index in [1.54, 1.807) is 0 Å². The molecule has 3 nitrogen and oxygen atoms in total. The van der Waals surface area contributed by atoms with Crippen LogP contribution in [-0.2, 0) is 6.54 Å². The Morgan fingerprint density at radius 2 is 2.31 bits per heavy atom. The Balaban J connectivity index is 3.12. The Labute approximate surface area is 85.5 Å². The molecule has 1 aromatic rings.